The Balaban J connectivity index is 1.95. The van der Waals surface area contributed by atoms with Gasteiger partial charge < -0.3 is 9.52 Å². The molecule has 0 spiro atoms. The van der Waals surface area contributed by atoms with E-state index in [0.717, 1.165) is 16.1 Å². The third-order valence-electron chi connectivity index (χ3n) is 4.28. The first-order valence-electron chi connectivity index (χ1n) is 7.76. The zero-order valence-electron chi connectivity index (χ0n) is 14.2. The summed E-state index contributed by atoms with van der Waals surface area (Å²) in [6, 6.07) is 7.59. The Labute approximate surface area is 144 Å². The van der Waals surface area contributed by atoms with Crippen LogP contribution in [0, 0.1) is 13.8 Å². The monoisotopic (exact) mass is 344 g/mol. The maximum atomic E-state index is 11.5. The highest BCUT2D eigenvalue weighted by molar-refractivity contribution is 7.11. The maximum absolute atomic E-state index is 11.5. The number of carboxylic acid groups (broad SMARTS) is 1. The van der Waals surface area contributed by atoms with Gasteiger partial charge in [0.25, 0.3) is 0 Å². The molecular formula is C18H20N2O3S. The highest BCUT2D eigenvalue weighted by atomic mass is 32.1. The number of carboxylic acids is 1. The molecule has 0 aliphatic heterocycles. The van der Waals surface area contributed by atoms with Gasteiger partial charge in [0.1, 0.15) is 5.58 Å². The molecule has 0 amide bonds. The molecule has 1 unspecified atom stereocenters. The van der Waals surface area contributed by atoms with Crippen LogP contribution in [-0.4, -0.2) is 28.0 Å². The average molecular weight is 344 g/mol. The van der Waals surface area contributed by atoms with Gasteiger partial charge in [0.2, 0.25) is 5.76 Å². The van der Waals surface area contributed by atoms with Crippen LogP contribution in [0.25, 0.3) is 11.0 Å². The smallest absolute Gasteiger partial charge is 0.372 e. The van der Waals surface area contributed by atoms with Gasteiger partial charge in [-0.15, -0.1) is 11.3 Å². The summed E-state index contributed by atoms with van der Waals surface area (Å²) in [5.74, 6) is -1.01. The van der Waals surface area contributed by atoms with Gasteiger partial charge in [0.05, 0.1) is 10.7 Å². The van der Waals surface area contributed by atoms with Crippen molar-refractivity contribution in [1.29, 1.82) is 0 Å². The number of benzene rings is 1. The molecule has 0 radical (unpaired) electrons. The summed E-state index contributed by atoms with van der Waals surface area (Å²) in [6.45, 7) is 6.62. The molecule has 2 heterocycles. The van der Waals surface area contributed by atoms with Crippen LogP contribution in [0.5, 0.6) is 0 Å². The minimum absolute atomic E-state index is 0.0208. The molecule has 1 atom stereocenters. The first-order chi connectivity index (χ1) is 11.4. The van der Waals surface area contributed by atoms with Crippen molar-refractivity contribution in [3.8, 4) is 0 Å². The van der Waals surface area contributed by atoms with Crippen molar-refractivity contribution >= 4 is 28.3 Å². The highest BCUT2D eigenvalue weighted by Gasteiger charge is 2.24. The molecule has 6 heteroatoms. The zero-order valence-corrected chi connectivity index (χ0v) is 15.0. The molecular weight excluding hydrogens is 324 g/mol. The first-order valence-corrected chi connectivity index (χ1v) is 8.58. The second-order valence-electron chi connectivity index (χ2n) is 5.98. The molecule has 5 nitrogen and oxygen atoms in total. The zero-order chi connectivity index (χ0) is 17.4. The van der Waals surface area contributed by atoms with Crippen molar-refractivity contribution in [1.82, 2.24) is 9.88 Å². The predicted octanol–water partition coefficient (Wildman–Crippen LogP) is 4.40. The van der Waals surface area contributed by atoms with E-state index in [1.165, 1.54) is 4.88 Å². The van der Waals surface area contributed by atoms with E-state index < -0.39 is 5.97 Å². The number of hydrogen-bond donors (Lipinski definition) is 1. The third-order valence-corrected chi connectivity index (χ3v) is 5.52. The van der Waals surface area contributed by atoms with E-state index in [1.54, 1.807) is 17.4 Å². The van der Waals surface area contributed by atoms with Crippen molar-refractivity contribution in [3.05, 3.63) is 51.2 Å². The normalized spacial score (nSPS) is 12.9. The van der Waals surface area contributed by atoms with E-state index in [9.17, 15) is 9.90 Å². The number of hydrogen-bond acceptors (Lipinski definition) is 5. The van der Waals surface area contributed by atoms with Gasteiger partial charge >= 0.3 is 5.97 Å². The van der Waals surface area contributed by atoms with Crippen LogP contribution in [0.3, 0.4) is 0 Å². The number of fused-ring (bicyclic) bond motifs is 1. The lowest BCUT2D eigenvalue weighted by Gasteiger charge is -2.24. The summed E-state index contributed by atoms with van der Waals surface area (Å²) in [4.78, 5) is 19.4. The number of nitrogens with zero attached hydrogens (tertiary/aromatic N) is 2. The number of aromatic carboxylic acids is 1. The lowest BCUT2D eigenvalue weighted by molar-refractivity contribution is 0.0661. The largest absolute Gasteiger partial charge is 0.475 e. The molecule has 2 aromatic heterocycles. The van der Waals surface area contributed by atoms with Gasteiger partial charge in [0, 0.05) is 28.4 Å². The maximum Gasteiger partial charge on any atom is 0.372 e. The summed E-state index contributed by atoms with van der Waals surface area (Å²) < 4.78 is 5.54. The molecule has 1 aromatic carbocycles. The van der Waals surface area contributed by atoms with Crippen LogP contribution in [-0.2, 0) is 6.54 Å². The van der Waals surface area contributed by atoms with Crippen LogP contribution in [0.4, 0.5) is 0 Å². The van der Waals surface area contributed by atoms with Crippen LogP contribution in [0.15, 0.2) is 28.7 Å². The molecule has 0 aliphatic carbocycles. The SMILES string of the molecule is Cc1nc(C)c(C(C)N(C)Cc2c(C(=O)O)oc3ccccc23)s1. The number of para-hydroxylation sites is 1. The van der Waals surface area contributed by atoms with Crippen molar-refractivity contribution in [2.24, 2.45) is 0 Å². The van der Waals surface area contributed by atoms with Crippen LogP contribution in [0.1, 0.15) is 44.7 Å². The fraction of sp³-hybridized carbons (Fsp3) is 0.333. The number of aromatic nitrogens is 1. The Morgan fingerprint density at radius 3 is 2.71 bits per heavy atom. The standard InChI is InChI=1S/C18H20N2O3S/c1-10-17(24-12(3)19-10)11(2)20(4)9-14-13-7-5-6-8-15(13)23-16(14)18(21)22/h5-8,11H,9H2,1-4H3,(H,21,22). The molecule has 0 saturated carbocycles. The van der Waals surface area contributed by atoms with Crippen molar-refractivity contribution in [3.63, 3.8) is 0 Å². The van der Waals surface area contributed by atoms with E-state index in [2.05, 4.69) is 16.8 Å². The number of furan rings is 1. The van der Waals surface area contributed by atoms with Gasteiger partial charge in [-0.1, -0.05) is 18.2 Å². The quantitative estimate of drug-likeness (QED) is 0.743. The molecule has 0 fully saturated rings. The summed E-state index contributed by atoms with van der Waals surface area (Å²) in [7, 11) is 1.99. The van der Waals surface area contributed by atoms with E-state index >= 15 is 0 Å². The Bertz CT molecular complexity index is 897. The van der Waals surface area contributed by atoms with Gasteiger partial charge in [-0.2, -0.15) is 0 Å². The Morgan fingerprint density at radius 2 is 2.08 bits per heavy atom. The topological polar surface area (TPSA) is 66.6 Å². The summed E-state index contributed by atoms with van der Waals surface area (Å²) >= 11 is 1.68. The van der Waals surface area contributed by atoms with E-state index in [1.807, 2.05) is 39.1 Å². The second kappa shape index (κ2) is 6.37. The van der Waals surface area contributed by atoms with Gasteiger partial charge in [-0.25, -0.2) is 9.78 Å². The molecule has 1 N–H and O–H groups in total. The Morgan fingerprint density at radius 1 is 1.38 bits per heavy atom. The number of aryl methyl sites for hydroxylation is 2. The number of thiazole rings is 1. The number of carbonyl (C=O) groups is 1. The fourth-order valence-corrected chi connectivity index (χ4v) is 3.99. The van der Waals surface area contributed by atoms with Gasteiger partial charge in [0.15, 0.2) is 0 Å². The number of rotatable bonds is 5. The van der Waals surface area contributed by atoms with Crippen molar-refractivity contribution in [2.75, 3.05) is 7.05 Å². The van der Waals surface area contributed by atoms with Crippen LogP contribution < -0.4 is 0 Å². The van der Waals surface area contributed by atoms with E-state index in [0.29, 0.717) is 17.7 Å². The lowest BCUT2D eigenvalue weighted by atomic mass is 10.1. The first kappa shape index (κ1) is 16.7. The summed E-state index contributed by atoms with van der Waals surface area (Å²) in [5.41, 5.74) is 2.36. The van der Waals surface area contributed by atoms with E-state index in [-0.39, 0.29) is 11.8 Å². The van der Waals surface area contributed by atoms with Crippen LogP contribution >= 0.6 is 11.3 Å². The van der Waals surface area contributed by atoms with Crippen LogP contribution in [0.2, 0.25) is 0 Å². The Kier molecular flexibility index (Phi) is 4.43. The highest BCUT2D eigenvalue weighted by Crippen LogP contribution is 2.32. The van der Waals surface area contributed by atoms with Gasteiger partial charge in [-0.05, 0) is 33.9 Å². The minimum atomic E-state index is -1.04. The van der Waals surface area contributed by atoms with Crippen molar-refractivity contribution < 1.29 is 14.3 Å². The molecule has 126 valence electrons. The molecule has 0 aliphatic rings. The second-order valence-corrected chi connectivity index (χ2v) is 7.22. The molecule has 0 saturated heterocycles. The summed E-state index contributed by atoms with van der Waals surface area (Å²) in [6.07, 6.45) is 0. The lowest BCUT2D eigenvalue weighted by Crippen LogP contribution is -2.22. The molecule has 3 rings (SSSR count). The fourth-order valence-electron chi connectivity index (χ4n) is 2.95. The predicted molar refractivity (Wildman–Crippen MR) is 94.6 cm³/mol. The van der Waals surface area contributed by atoms with Crippen molar-refractivity contribution in [2.45, 2.75) is 33.4 Å². The molecule has 24 heavy (non-hydrogen) atoms. The Hall–Kier alpha value is -2.18. The molecule has 0 bridgehead atoms. The molecule has 3 aromatic rings. The summed E-state index contributed by atoms with van der Waals surface area (Å²) in [5, 5.41) is 11.4. The van der Waals surface area contributed by atoms with E-state index in [4.69, 9.17) is 4.42 Å². The third kappa shape index (κ3) is 2.95. The average Bonchev–Trinajstić information content (AvgIpc) is 3.07. The minimum Gasteiger partial charge on any atom is -0.475 e. The van der Waals surface area contributed by atoms with Gasteiger partial charge in [-0.3, -0.25) is 4.90 Å².